The molecule has 1 aliphatic rings. The van der Waals surface area contributed by atoms with Crippen LogP contribution in [-0.2, 0) is 11.3 Å². The largest absolute Gasteiger partial charge is 0.379 e. The zero-order chi connectivity index (χ0) is 18.9. The smallest absolute Gasteiger partial charge is 0.186 e. The number of ether oxygens (including phenoxy) is 1. The summed E-state index contributed by atoms with van der Waals surface area (Å²) in [5.74, 6) is 0.622. The van der Waals surface area contributed by atoms with Crippen molar-refractivity contribution in [1.82, 2.24) is 20.2 Å². The molecule has 0 radical (unpaired) electrons. The first-order valence-electron chi connectivity index (χ1n) is 9.51. The Morgan fingerprint density at radius 3 is 2.77 bits per heavy atom. The van der Waals surface area contributed by atoms with Gasteiger partial charge >= 0.3 is 0 Å². The first-order valence-corrected chi connectivity index (χ1v) is 9.92. The highest BCUT2D eigenvalue weighted by Gasteiger charge is 2.10. The molecule has 0 bridgehead atoms. The minimum Gasteiger partial charge on any atom is -0.379 e. The highest BCUT2D eigenvalue weighted by molar-refractivity contribution is 7.80. The Labute approximate surface area is 163 Å². The predicted molar refractivity (Wildman–Crippen MR) is 112 cm³/mol. The number of nitrogens with one attached hydrogen (secondary N) is 2. The summed E-state index contributed by atoms with van der Waals surface area (Å²) >= 11 is 5.29. The summed E-state index contributed by atoms with van der Waals surface area (Å²) in [6, 6.07) is 2.17. The molecule has 1 aromatic heterocycles. The van der Waals surface area contributed by atoms with E-state index >= 15 is 0 Å². The Hall–Kier alpha value is -1.44. The van der Waals surface area contributed by atoms with Gasteiger partial charge in [-0.15, -0.1) is 0 Å². The van der Waals surface area contributed by atoms with Crippen LogP contribution in [0, 0.1) is 19.8 Å². The molecule has 1 aliphatic heterocycles. The lowest BCUT2D eigenvalue weighted by Gasteiger charge is -2.26. The van der Waals surface area contributed by atoms with E-state index < -0.39 is 0 Å². The van der Waals surface area contributed by atoms with E-state index in [1.54, 1.807) is 0 Å². The average molecular weight is 380 g/mol. The van der Waals surface area contributed by atoms with Gasteiger partial charge in [-0.1, -0.05) is 13.8 Å². The van der Waals surface area contributed by atoms with E-state index in [0.29, 0.717) is 11.0 Å². The van der Waals surface area contributed by atoms with E-state index in [1.165, 1.54) is 11.4 Å². The van der Waals surface area contributed by atoms with E-state index in [-0.39, 0.29) is 0 Å². The van der Waals surface area contributed by atoms with Gasteiger partial charge in [0.15, 0.2) is 5.11 Å². The molecule has 1 saturated heterocycles. The molecule has 0 spiro atoms. The summed E-state index contributed by atoms with van der Waals surface area (Å²) < 4.78 is 7.70. The fraction of sp³-hybridized carbons (Fsp3) is 0.684. The van der Waals surface area contributed by atoms with E-state index in [1.807, 2.05) is 6.21 Å². The van der Waals surface area contributed by atoms with Crippen molar-refractivity contribution in [2.75, 3.05) is 39.4 Å². The molecule has 1 aromatic rings. The number of hydrazone groups is 1. The van der Waals surface area contributed by atoms with E-state index in [2.05, 4.69) is 59.1 Å². The number of morpholine rings is 1. The van der Waals surface area contributed by atoms with Crippen molar-refractivity contribution in [3.05, 3.63) is 23.0 Å². The quantitative estimate of drug-likeness (QED) is 0.314. The van der Waals surface area contributed by atoms with E-state index in [9.17, 15) is 0 Å². The summed E-state index contributed by atoms with van der Waals surface area (Å²) in [5, 5.41) is 8.06. The average Bonchev–Trinajstić information content (AvgIpc) is 2.87. The van der Waals surface area contributed by atoms with Crippen LogP contribution in [0.5, 0.6) is 0 Å². The van der Waals surface area contributed by atoms with Gasteiger partial charge < -0.3 is 14.6 Å². The molecule has 146 valence electrons. The third-order valence-corrected chi connectivity index (χ3v) is 4.81. The van der Waals surface area contributed by atoms with Gasteiger partial charge in [-0.05, 0) is 51.0 Å². The van der Waals surface area contributed by atoms with Gasteiger partial charge in [0, 0.05) is 43.1 Å². The Bertz CT molecular complexity index is 605. The SMILES string of the molecule is Cc1cc(/C=N\NC(=S)NCCCN2CCOCC2)c(C)n1CC(C)C. The highest BCUT2D eigenvalue weighted by atomic mass is 32.1. The second-order valence-corrected chi connectivity index (χ2v) is 7.67. The van der Waals surface area contributed by atoms with Crippen LogP contribution in [0.1, 0.15) is 37.2 Å². The Balaban J connectivity index is 1.69. The molecule has 2 N–H and O–H groups in total. The van der Waals surface area contributed by atoms with Crippen molar-refractivity contribution in [2.45, 2.75) is 40.7 Å². The maximum Gasteiger partial charge on any atom is 0.186 e. The molecule has 0 saturated carbocycles. The fourth-order valence-electron chi connectivity index (χ4n) is 3.13. The monoisotopic (exact) mass is 379 g/mol. The van der Waals surface area contributed by atoms with Crippen molar-refractivity contribution in [1.29, 1.82) is 0 Å². The first-order chi connectivity index (χ1) is 12.5. The highest BCUT2D eigenvalue weighted by Crippen LogP contribution is 2.15. The van der Waals surface area contributed by atoms with Crippen LogP contribution in [0.3, 0.4) is 0 Å². The van der Waals surface area contributed by atoms with Gasteiger partial charge in [-0.2, -0.15) is 5.10 Å². The van der Waals surface area contributed by atoms with Gasteiger partial charge in [0.25, 0.3) is 0 Å². The minimum absolute atomic E-state index is 0.569. The summed E-state index contributed by atoms with van der Waals surface area (Å²) in [5.41, 5.74) is 6.55. The Kier molecular flexibility index (Phi) is 8.54. The second-order valence-electron chi connectivity index (χ2n) is 7.26. The number of hydrogen-bond acceptors (Lipinski definition) is 4. The number of aromatic nitrogens is 1. The van der Waals surface area contributed by atoms with Crippen molar-refractivity contribution >= 4 is 23.5 Å². The fourth-order valence-corrected chi connectivity index (χ4v) is 3.29. The van der Waals surface area contributed by atoms with Crippen molar-refractivity contribution in [2.24, 2.45) is 11.0 Å². The van der Waals surface area contributed by atoms with Crippen LogP contribution in [0.25, 0.3) is 0 Å². The molecule has 2 rings (SSSR count). The van der Waals surface area contributed by atoms with Crippen molar-refractivity contribution in [3.8, 4) is 0 Å². The summed E-state index contributed by atoms with van der Waals surface area (Å²) in [6.45, 7) is 15.5. The van der Waals surface area contributed by atoms with Crippen molar-refractivity contribution in [3.63, 3.8) is 0 Å². The maximum atomic E-state index is 5.36. The molecule has 0 aromatic carbocycles. The van der Waals surface area contributed by atoms with Gasteiger partial charge in [-0.25, -0.2) is 0 Å². The van der Waals surface area contributed by atoms with Crippen LogP contribution < -0.4 is 10.7 Å². The van der Waals surface area contributed by atoms with E-state index in [4.69, 9.17) is 17.0 Å². The first kappa shape index (κ1) is 20.9. The predicted octanol–water partition coefficient (Wildman–Crippen LogP) is 2.28. The van der Waals surface area contributed by atoms with Crippen LogP contribution in [0.4, 0.5) is 0 Å². The lowest BCUT2D eigenvalue weighted by Crippen LogP contribution is -2.39. The Morgan fingerprint density at radius 1 is 1.35 bits per heavy atom. The van der Waals surface area contributed by atoms with Gasteiger partial charge in [-0.3, -0.25) is 10.3 Å². The number of hydrogen-bond donors (Lipinski definition) is 2. The normalized spacial score (nSPS) is 15.7. The molecule has 0 atom stereocenters. The number of nitrogens with zero attached hydrogens (tertiary/aromatic N) is 3. The zero-order valence-electron chi connectivity index (χ0n) is 16.5. The molecule has 2 heterocycles. The topological polar surface area (TPSA) is 53.8 Å². The molecule has 0 unspecified atom stereocenters. The van der Waals surface area contributed by atoms with Crippen molar-refractivity contribution < 1.29 is 4.74 Å². The number of rotatable bonds is 8. The third-order valence-electron chi connectivity index (χ3n) is 4.57. The van der Waals surface area contributed by atoms with Crippen LogP contribution in [0.2, 0.25) is 0 Å². The lowest BCUT2D eigenvalue weighted by atomic mass is 10.2. The maximum absolute atomic E-state index is 5.36. The molecule has 7 heteroatoms. The standard InChI is InChI=1S/C19H33N5OS/c1-15(2)14-24-16(3)12-18(17(24)4)13-21-22-19(26)20-6-5-7-23-8-10-25-11-9-23/h12-13,15H,5-11,14H2,1-4H3,(H2,20,22,26)/b21-13-. The second kappa shape index (κ2) is 10.6. The molecular formula is C19H33N5OS. The number of thiocarbonyl (C=S) groups is 1. The molecule has 1 fully saturated rings. The summed E-state index contributed by atoms with van der Waals surface area (Å²) in [6.07, 6.45) is 2.91. The molecule has 0 aliphatic carbocycles. The zero-order valence-corrected chi connectivity index (χ0v) is 17.4. The lowest BCUT2D eigenvalue weighted by molar-refractivity contribution is 0.0376. The van der Waals surface area contributed by atoms with Crippen LogP contribution >= 0.6 is 12.2 Å². The van der Waals surface area contributed by atoms with Gasteiger partial charge in [0.05, 0.1) is 19.4 Å². The van der Waals surface area contributed by atoms with E-state index in [0.717, 1.165) is 57.9 Å². The molecule has 6 nitrogen and oxygen atoms in total. The third kappa shape index (κ3) is 6.70. The summed E-state index contributed by atoms with van der Waals surface area (Å²) in [7, 11) is 0. The summed E-state index contributed by atoms with van der Waals surface area (Å²) in [4.78, 5) is 2.42. The number of aryl methyl sites for hydroxylation is 1. The molecule has 26 heavy (non-hydrogen) atoms. The Morgan fingerprint density at radius 2 is 2.08 bits per heavy atom. The van der Waals surface area contributed by atoms with Crippen LogP contribution in [0.15, 0.2) is 11.2 Å². The van der Waals surface area contributed by atoms with Crippen LogP contribution in [-0.4, -0.2) is 60.2 Å². The molecular weight excluding hydrogens is 346 g/mol. The van der Waals surface area contributed by atoms with Gasteiger partial charge in [0.1, 0.15) is 0 Å². The molecule has 0 amide bonds. The minimum atomic E-state index is 0.569. The van der Waals surface area contributed by atoms with Gasteiger partial charge in [0.2, 0.25) is 0 Å².